The van der Waals surface area contributed by atoms with Crippen molar-refractivity contribution in [2.45, 2.75) is 13.3 Å². The van der Waals surface area contributed by atoms with Crippen LogP contribution in [0.4, 0.5) is 5.69 Å². The van der Waals surface area contributed by atoms with Gasteiger partial charge in [0, 0.05) is 5.69 Å². The van der Waals surface area contributed by atoms with E-state index in [1.165, 1.54) is 6.07 Å². The summed E-state index contributed by atoms with van der Waals surface area (Å²) < 4.78 is 0. The third-order valence-electron chi connectivity index (χ3n) is 1.84. The number of nitrogens with two attached hydrogens (primary N) is 1. The fourth-order valence-electron chi connectivity index (χ4n) is 1.10. The van der Waals surface area contributed by atoms with E-state index >= 15 is 0 Å². The van der Waals surface area contributed by atoms with Crippen LogP contribution in [0.3, 0.4) is 0 Å². The molecule has 0 fully saturated rings. The van der Waals surface area contributed by atoms with Crippen molar-refractivity contribution in [1.82, 2.24) is 0 Å². The van der Waals surface area contributed by atoms with Crippen LogP contribution in [0.15, 0.2) is 12.1 Å². The van der Waals surface area contributed by atoms with Crippen LogP contribution < -0.4 is 5.73 Å². The molecule has 13 heavy (non-hydrogen) atoms. The van der Waals surface area contributed by atoms with Crippen molar-refractivity contribution in [3.05, 3.63) is 28.3 Å². The zero-order chi connectivity index (χ0) is 10.0. The summed E-state index contributed by atoms with van der Waals surface area (Å²) >= 11 is 5.74. The first-order valence-electron chi connectivity index (χ1n) is 3.87. The molecule has 0 radical (unpaired) electrons. The smallest absolute Gasteiger partial charge is 0.337 e. The van der Waals surface area contributed by atoms with Gasteiger partial charge in [0.05, 0.1) is 10.6 Å². The molecule has 0 aromatic heterocycles. The SMILES string of the molecule is CCc1cc(Cl)c(C(=O)O)cc1N. The van der Waals surface area contributed by atoms with Crippen molar-refractivity contribution in [3.63, 3.8) is 0 Å². The minimum atomic E-state index is -1.06. The van der Waals surface area contributed by atoms with E-state index in [0.29, 0.717) is 5.69 Å². The molecule has 3 nitrogen and oxygen atoms in total. The highest BCUT2D eigenvalue weighted by molar-refractivity contribution is 6.33. The van der Waals surface area contributed by atoms with E-state index in [-0.39, 0.29) is 10.6 Å². The number of rotatable bonds is 2. The Morgan fingerprint density at radius 2 is 2.23 bits per heavy atom. The standard InChI is InChI=1S/C9H10ClNO2/c1-2-5-3-7(10)6(9(12)13)4-8(5)11/h3-4H,2,11H2,1H3,(H,12,13). The summed E-state index contributed by atoms with van der Waals surface area (Å²) in [5.41, 5.74) is 7.02. The van der Waals surface area contributed by atoms with E-state index in [9.17, 15) is 4.79 Å². The number of nitrogen functional groups attached to an aromatic ring is 1. The van der Waals surface area contributed by atoms with E-state index in [2.05, 4.69) is 0 Å². The van der Waals surface area contributed by atoms with Gasteiger partial charge >= 0.3 is 5.97 Å². The first-order chi connectivity index (χ1) is 6.06. The van der Waals surface area contributed by atoms with Crippen LogP contribution in [0.25, 0.3) is 0 Å². The van der Waals surface area contributed by atoms with Crippen LogP contribution in [0.2, 0.25) is 5.02 Å². The van der Waals surface area contributed by atoms with Gasteiger partial charge in [-0.3, -0.25) is 0 Å². The van der Waals surface area contributed by atoms with Gasteiger partial charge in [0.2, 0.25) is 0 Å². The number of hydrogen-bond acceptors (Lipinski definition) is 2. The van der Waals surface area contributed by atoms with Crippen LogP contribution >= 0.6 is 11.6 Å². The van der Waals surface area contributed by atoms with E-state index in [4.69, 9.17) is 22.4 Å². The van der Waals surface area contributed by atoms with Gasteiger partial charge in [0.25, 0.3) is 0 Å². The molecule has 70 valence electrons. The molecule has 0 saturated heterocycles. The number of carboxylic acid groups (broad SMARTS) is 1. The van der Waals surface area contributed by atoms with Crippen LogP contribution in [0.1, 0.15) is 22.8 Å². The maximum Gasteiger partial charge on any atom is 0.337 e. The molecular weight excluding hydrogens is 190 g/mol. The molecule has 0 aliphatic rings. The summed E-state index contributed by atoms with van der Waals surface area (Å²) in [6, 6.07) is 2.99. The minimum absolute atomic E-state index is 0.0522. The Hall–Kier alpha value is -1.22. The zero-order valence-corrected chi connectivity index (χ0v) is 7.93. The van der Waals surface area contributed by atoms with Crippen LogP contribution in [-0.4, -0.2) is 11.1 Å². The lowest BCUT2D eigenvalue weighted by molar-refractivity contribution is 0.0697. The molecule has 0 saturated carbocycles. The lowest BCUT2D eigenvalue weighted by Gasteiger charge is -2.05. The number of aryl methyl sites for hydroxylation is 1. The lowest BCUT2D eigenvalue weighted by Crippen LogP contribution is -2.01. The molecule has 0 aliphatic heterocycles. The monoisotopic (exact) mass is 199 g/mol. The second kappa shape index (κ2) is 3.66. The second-order valence-corrected chi connectivity index (χ2v) is 3.10. The van der Waals surface area contributed by atoms with Crippen molar-refractivity contribution in [2.75, 3.05) is 5.73 Å². The Morgan fingerprint density at radius 1 is 1.62 bits per heavy atom. The number of carboxylic acids is 1. The van der Waals surface area contributed by atoms with Crippen molar-refractivity contribution in [2.24, 2.45) is 0 Å². The van der Waals surface area contributed by atoms with Gasteiger partial charge < -0.3 is 10.8 Å². The Morgan fingerprint density at radius 3 is 2.69 bits per heavy atom. The molecular formula is C9H10ClNO2. The average Bonchev–Trinajstić information content (AvgIpc) is 2.07. The van der Waals surface area contributed by atoms with Gasteiger partial charge in [-0.2, -0.15) is 0 Å². The first-order valence-corrected chi connectivity index (χ1v) is 4.25. The Bertz CT molecular complexity index is 350. The van der Waals surface area contributed by atoms with Crippen LogP contribution in [0, 0.1) is 0 Å². The van der Waals surface area contributed by atoms with E-state index in [0.717, 1.165) is 12.0 Å². The first kappa shape index (κ1) is 9.86. The molecule has 1 aromatic rings. The summed E-state index contributed by atoms with van der Waals surface area (Å²) in [5.74, 6) is -1.06. The highest BCUT2D eigenvalue weighted by atomic mass is 35.5. The second-order valence-electron chi connectivity index (χ2n) is 2.69. The zero-order valence-electron chi connectivity index (χ0n) is 7.17. The van der Waals surface area contributed by atoms with Gasteiger partial charge in [-0.1, -0.05) is 18.5 Å². The number of benzene rings is 1. The van der Waals surface area contributed by atoms with Crippen molar-refractivity contribution >= 4 is 23.3 Å². The van der Waals surface area contributed by atoms with E-state index < -0.39 is 5.97 Å². The Labute approximate surface area is 81.1 Å². The van der Waals surface area contributed by atoms with Gasteiger partial charge in [0.1, 0.15) is 0 Å². The summed E-state index contributed by atoms with van der Waals surface area (Å²) in [7, 11) is 0. The Balaban J connectivity index is 3.28. The quantitative estimate of drug-likeness (QED) is 0.718. The highest BCUT2D eigenvalue weighted by Gasteiger charge is 2.10. The third kappa shape index (κ3) is 1.92. The van der Waals surface area contributed by atoms with E-state index in [1.54, 1.807) is 6.07 Å². The van der Waals surface area contributed by atoms with Gasteiger partial charge in [-0.25, -0.2) is 4.79 Å². The maximum atomic E-state index is 10.6. The van der Waals surface area contributed by atoms with Gasteiger partial charge in [0.15, 0.2) is 0 Å². The fraction of sp³-hybridized carbons (Fsp3) is 0.222. The van der Waals surface area contributed by atoms with Crippen molar-refractivity contribution in [3.8, 4) is 0 Å². The average molecular weight is 200 g/mol. The topological polar surface area (TPSA) is 63.3 Å². The molecule has 1 rings (SSSR count). The van der Waals surface area contributed by atoms with Crippen LogP contribution in [-0.2, 0) is 6.42 Å². The minimum Gasteiger partial charge on any atom is -0.478 e. The summed E-state index contributed by atoms with van der Waals surface area (Å²) in [4.78, 5) is 10.6. The van der Waals surface area contributed by atoms with Crippen molar-refractivity contribution < 1.29 is 9.90 Å². The molecule has 0 bridgehead atoms. The summed E-state index contributed by atoms with van der Waals surface area (Å²) in [6.07, 6.45) is 0.742. The molecule has 4 heteroatoms. The van der Waals surface area contributed by atoms with Crippen LogP contribution in [0.5, 0.6) is 0 Å². The molecule has 0 unspecified atom stereocenters. The fourth-order valence-corrected chi connectivity index (χ4v) is 1.37. The third-order valence-corrected chi connectivity index (χ3v) is 2.15. The number of hydrogen-bond donors (Lipinski definition) is 2. The molecule has 0 spiro atoms. The predicted molar refractivity (Wildman–Crippen MR) is 52.2 cm³/mol. The number of aromatic carboxylic acids is 1. The summed E-state index contributed by atoms with van der Waals surface area (Å²) in [6.45, 7) is 1.93. The predicted octanol–water partition coefficient (Wildman–Crippen LogP) is 2.18. The lowest BCUT2D eigenvalue weighted by atomic mass is 10.1. The normalized spacial score (nSPS) is 10.0. The molecule has 0 atom stereocenters. The maximum absolute atomic E-state index is 10.6. The van der Waals surface area contributed by atoms with E-state index in [1.807, 2.05) is 6.92 Å². The van der Waals surface area contributed by atoms with Crippen molar-refractivity contribution in [1.29, 1.82) is 0 Å². The number of anilines is 1. The molecule has 0 amide bonds. The molecule has 1 aromatic carbocycles. The molecule has 0 heterocycles. The number of carbonyl (C=O) groups is 1. The number of halogens is 1. The molecule has 3 N–H and O–H groups in total. The molecule has 0 aliphatic carbocycles. The highest BCUT2D eigenvalue weighted by Crippen LogP contribution is 2.23. The largest absolute Gasteiger partial charge is 0.478 e. The van der Waals surface area contributed by atoms with Gasteiger partial charge in [-0.05, 0) is 24.1 Å². The summed E-state index contributed by atoms with van der Waals surface area (Å²) in [5, 5.41) is 8.95. The van der Waals surface area contributed by atoms with Gasteiger partial charge in [-0.15, -0.1) is 0 Å². The Kier molecular flexibility index (Phi) is 2.78.